The van der Waals surface area contributed by atoms with Crippen molar-refractivity contribution in [2.75, 3.05) is 13.1 Å². The van der Waals surface area contributed by atoms with E-state index in [9.17, 15) is 0 Å². The fourth-order valence-corrected chi connectivity index (χ4v) is 2.23. The molecule has 5 heteroatoms. The van der Waals surface area contributed by atoms with Gasteiger partial charge in [-0.3, -0.25) is 4.90 Å². The average Bonchev–Trinajstić information content (AvgIpc) is 2.70. The Balaban J connectivity index is 2.12. The summed E-state index contributed by atoms with van der Waals surface area (Å²) < 4.78 is 2.03. The molecule has 2 N–H and O–H groups in total. The number of rotatable bonds is 6. The minimum absolute atomic E-state index is 0.534. The van der Waals surface area contributed by atoms with Crippen molar-refractivity contribution in [3.63, 3.8) is 0 Å². The lowest BCUT2D eigenvalue weighted by molar-refractivity contribution is 0.301. The molecule has 0 spiro atoms. The Hall–Kier alpha value is -1.46. The van der Waals surface area contributed by atoms with E-state index in [0.717, 1.165) is 30.9 Å². The van der Waals surface area contributed by atoms with Gasteiger partial charge in [-0.15, -0.1) is 0 Å². The first-order valence-electron chi connectivity index (χ1n) is 6.12. The van der Waals surface area contributed by atoms with Crippen LogP contribution in [0.2, 0.25) is 0 Å². The molecule has 2 rings (SSSR count). The molecular weight excluding hydrogens is 244 g/mol. The summed E-state index contributed by atoms with van der Waals surface area (Å²) in [5.74, 6) is 0. The zero-order valence-corrected chi connectivity index (χ0v) is 11.4. The Labute approximate surface area is 112 Å². The van der Waals surface area contributed by atoms with Crippen LogP contribution in [0.5, 0.6) is 0 Å². The molecular formula is C13H18N4S. The summed E-state index contributed by atoms with van der Waals surface area (Å²) in [4.78, 5) is 7.34. The third-order valence-corrected chi connectivity index (χ3v) is 2.85. The maximum atomic E-state index is 5.62. The first-order chi connectivity index (χ1) is 8.69. The zero-order valence-electron chi connectivity index (χ0n) is 10.5. The summed E-state index contributed by atoms with van der Waals surface area (Å²) in [7, 11) is 0. The van der Waals surface area contributed by atoms with Crippen LogP contribution < -0.4 is 5.73 Å². The van der Waals surface area contributed by atoms with Gasteiger partial charge in [0.15, 0.2) is 0 Å². The van der Waals surface area contributed by atoms with Crippen LogP contribution in [0.25, 0.3) is 5.65 Å². The van der Waals surface area contributed by atoms with Crippen LogP contribution in [0.15, 0.2) is 30.6 Å². The van der Waals surface area contributed by atoms with Crippen molar-refractivity contribution >= 4 is 22.9 Å². The lowest BCUT2D eigenvalue weighted by Gasteiger charge is -2.19. The fraction of sp³-hybridized carbons (Fsp3) is 0.385. The van der Waals surface area contributed by atoms with E-state index in [1.165, 1.54) is 0 Å². The largest absolute Gasteiger partial charge is 0.392 e. The second-order valence-electron chi connectivity index (χ2n) is 4.38. The summed E-state index contributed by atoms with van der Waals surface area (Å²) in [6.07, 6.45) is 5.14. The molecule has 0 amide bonds. The van der Waals surface area contributed by atoms with Crippen molar-refractivity contribution in [1.82, 2.24) is 14.3 Å². The van der Waals surface area contributed by atoms with E-state index < -0.39 is 0 Å². The lowest BCUT2D eigenvalue weighted by atomic mass is 10.3. The maximum absolute atomic E-state index is 5.62. The molecule has 0 aromatic carbocycles. The van der Waals surface area contributed by atoms with Crippen LogP contribution in [0, 0.1) is 0 Å². The highest BCUT2D eigenvalue weighted by Gasteiger charge is 2.09. The lowest BCUT2D eigenvalue weighted by Crippen LogP contribution is -2.33. The average molecular weight is 262 g/mol. The molecule has 2 heterocycles. The van der Waals surface area contributed by atoms with Crippen LogP contribution in [-0.4, -0.2) is 32.4 Å². The van der Waals surface area contributed by atoms with Crippen molar-refractivity contribution in [2.45, 2.75) is 19.9 Å². The van der Waals surface area contributed by atoms with Crippen molar-refractivity contribution in [1.29, 1.82) is 0 Å². The predicted molar refractivity (Wildman–Crippen MR) is 77.5 cm³/mol. The van der Waals surface area contributed by atoms with Gasteiger partial charge in [-0.05, 0) is 25.1 Å². The minimum atomic E-state index is 0.534. The van der Waals surface area contributed by atoms with Gasteiger partial charge in [0.05, 0.1) is 10.7 Å². The molecule has 0 unspecified atom stereocenters. The molecule has 0 aliphatic carbocycles. The standard InChI is InChI=1S/C13H18N4S/c1-2-6-16(10-12(14)18)8-11-9-17-7-4-3-5-13(17)15-11/h3-5,7,9H,2,6,8,10H2,1H3,(H2,14,18). The van der Waals surface area contributed by atoms with Gasteiger partial charge in [-0.2, -0.15) is 0 Å². The van der Waals surface area contributed by atoms with E-state index in [4.69, 9.17) is 18.0 Å². The van der Waals surface area contributed by atoms with Crippen molar-refractivity contribution < 1.29 is 0 Å². The number of thiocarbonyl (C=S) groups is 1. The number of hydrogen-bond donors (Lipinski definition) is 1. The summed E-state index contributed by atoms with van der Waals surface area (Å²) in [6, 6.07) is 5.99. The molecule has 2 aromatic rings. The Morgan fingerprint density at radius 1 is 1.50 bits per heavy atom. The topological polar surface area (TPSA) is 46.6 Å². The zero-order chi connectivity index (χ0) is 13.0. The predicted octanol–water partition coefficient (Wildman–Crippen LogP) is 1.83. The van der Waals surface area contributed by atoms with Gasteiger partial charge in [0.2, 0.25) is 0 Å². The second kappa shape index (κ2) is 5.93. The van der Waals surface area contributed by atoms with Crippen LogP contribution in [-0.2, 0) is 6.54 Å². The van der Waals surface area contributed by atoms with Crippen LogP contribution in [0.4, 0.5) is 0 Å². The molecule has 0 radical (unpaired) electrons. The molecule has 18 heavy (non-hydrogen) atoms. The molecule has 2 aromatic heterocycles. The van der Waals surface area contributed by atoms with E-state index in [0.29, 0.717) is 11.5 Å². The van der Waals surface area contributed by atoms with E-state index in [1.54, 1.807) is 0 Å². The molecule has 4 nitrogen and oxygen atoms in total. The Morgan fingerprint density at radius 3 is 3.00 bits per heavy atom. The third kappa shape index (κ3) is 3.27. The molecule has 96 valence electrons. The Bertz CT molecular complexity index is 502. The van der Waals surface area contributed by atoms with Crippen LogP contribution in [0.3, 0.4) is 0 Å². The van der Waals surface area contributed by atoms with Crippen molar-refractivity contribution in [3.8, 4) is 0 Å². The van der Waals surface area contributed by atoms with Crippen molar-refractivity contribution in [3.05, 3.63) is 36.3 Å². The monoisotopic (exact) mass is 262 g/mol. The van der Waals surface area contributed by atoms with Gasteiger partial charge in [0, 0.05) is 25.5 Å². The Kier molecular flexibility index (Phi) is 4.28. The highest BCUT2D eigenvalue weighted by atomic mass is 32.1. The van der Waals surface area contributed by atoms with Gasteiger partial charge in [0.1, 0.15) is 5.65 Å². The third-order valence-electron chi connectivity index (χ3n) is 2.72. The summed E-state index contributed by atoms with van der Waals surface area (Å²) in [6.45, 7) is 4.56. The second-order valence-corrected chi connectivity index (χ2v) is 4.90. The SMILES string of the molecule is CCCN(CC(N)=S)Cc1cn2ccccc2n1. The van der Waals surface area contributed by atoms with Crippen molar-refractivity contribution in [2.24, 2.45) is 5.73 Å². The van der Waals surface area contributed by atoms with E-state index in [-0.39, 0.29) is 0 Å². The first kappa shape index (κ1) is 13.0. The van der Waals surface area contributed by atoms with Gasteiger partial charge in [0.25, 0.3) is 0 Å². The summed E-state index contributed by atoms with van der Waals surface area (Å²) in [5.41, 5.74) is 7.64. The number of hydrogen-bond acceptors (Lipinski definition) is 3. The van der Waals surface area contributed by atoms with E-state index in [1.807, 2.05) is 28.8 Å². The molecule has 0 saturated heterocycles. The molecule has 0 saturated carbocycles. The fourth-order valence-electron chi connectivity index (χ4n) is 2.04. The highest BCUT2D eigenvalue weighted by Crippen LogP contribution is 2.07. The number of pyridine rings is 1. The van der Waals surface area contributed by atoms with Gasteiger partial charge < -0.3 is 10.1 Å². The molecule has 0 bridgehead atoms. The number of nitrogens with zero attached hydrogens (tertiary/aromatic N) is 3. The van der Waals surface area contributed by atoms with E-state index >= 15 is 0 Å². The highest BCUT2D eigenvalue weighted by molar-refractivity contribution is 7.80. The summed E-state index contributed by atoms with van der Waals surface area (Å²) in [5, 5.41) is 0. The molecule has 0 fully saturated rings. The number of aromatic nitrogens is 2. The molecule has 0 aliphatic rings. The quantitative estimate of drug-likeness (QED) is 0.807. The van der Waals surface area contributed by atoms with Crippen LogP contribution >= 0.6 is 12.2 Å². The maximum Gasteiger partial charge on any atom is 0.137 e. The molecule has 0 aliphatic heterocycles. The molecule has 0 atom stereocenters. The van der Waals surface area contributed by atoms with E-state index in [2.05, 4.69) is 23.0 Å². The number of imidazole rings is 1. The summed E-state index contributed by atoms with van der Waals surface area (Å²) >= 11 is 4.98. The van der Waals surface area contributed by atoms with Crippen LogP contribution in [0.1, 0.15) is 19.0 Å². The van der Waals surface area contributed by atoms with Gasteiger partial charge in [-0.25, -0.2) is 4.98 Å². The number of fused-ring (bicyclic) bond motifs is 1. The smallest absolute Gasteiger partial charge is 0.137 e. The minimum Gasteiger partial charge on any atom is -0.392 e. The normalized spacial score (nSPS) is 11.2. The number of nitrogens with two attached hydrogens (primary N) is 1. The van der Waals surface area contributed by atoms with Gasteiger partial charge in [-0.1, -0.05) is 25.2 Å². The first-order valence-corrected chi connectivity index (χ1v) is 6.53. The van der Waals surface area contributed by atoms with Gasteiger partial charge >= 0.3 is 0 Å². The Morgan fingerprint density at radius 2 is 2.33 bits per heavy atom.